The lowest BCUT2D eigenvalue weighted by Crippen LogP contribution is -2.41. The molecule has 0 bridgehead atoms. The minimum atomic E-state index is -0.504. The number of thiophene rings is 1. The summed E-state index contributed by atoms with van der Waals surface area (Å²) in [5.74, 6) is -0.287. The molecule has 2 amide bonds. The number of carbonyl (C=O) groups is 2. The Morgan fingerprint density at radius 1 is 1.27 bits per heavy atom. The van der Waals surface area contributed by atoms with Crippen molar-refractivity contribution in [2.75, 3.05) is 13.1 Å². The van der Waals surface area contributed by atoms with Gasteiger partial charge in [-0.1, -0.05) is 6.07 Å². The number of fused-ring (bicyclic) bond motifs is 1. The SMILES string of the molecule is CC(C)(C)OC(=O)N1CCC(c2n[nH]c3c(C(N)=O)cc(-c4cccs4)cc23)CC1. The third-order valence-corrected chi connectivity index (χ3v) is 6.23. The maximum atomic E-state index is 12.3. The molecule has 4 rings (SSSR count). The predicted octanol–water partition coefficient (Wildman–Crippen LogP) is 4.50. The summed E-state index contributed by atoms with van der Waals surface area (Å²) in [6, 6.07) is 7.91. The van der Waals surface area contributed by atoms with Crippen LogP contribution in [0.5, 0.6) is 0 Å². The highest BCUT2D eigenvalue weighted by Gasteiger charge is 2.30. The fourth-order valence-electron chi connectivity index (χ4n) is 3.89. The van der Waals surface area contributed by atoms with Crippen molar-refractivity contribution < 1.29 is 14.3 Å². The molecule has 0 atom stereocenters. The number of nitrogens with zero attached hydrogens (tertiary/aromatic N) is 2. The topological polar surface area (TPSA) is 101 Å². The van der Waals surface area contributed by atoms with E-state index in [9.17, 15) is 9.59 Å². The number of rotatable bonds is 3. The van der Waals surface area contributed by atoms with E-state index in [1.165, 1.54) is 0 Å². The monoisotopic (exact) mass is 426 g/mol. The summed E-state index contributed by atoms with van der Waals surface area (Å²) in [5, 5.41) is 10.5. The number of hydrogen-bond donors (Lipinski definition) is 2. The van der Waals surface area contributed by atoms with Crippen LogP contribution in [0.1, 0.15) is 55.6 Å². The molecule has 0 unspecified atom stereocenters. The zero-order chi connectivity index (χ0) is 21.5. The molecule has 3 N–H and O–H groups in total. The highest BCUT2D eigenvalue weighted by Crippen LogP contribution is 2.36. The number of piperidine rings is 1. The van der Waals surface area contributed by atoms with E-state index in [0.29, 0.717) is 24.2 Å². The molecule has 8 heteroatoms. The van der Waals surface area contributed by atoms with Gasteiger partial charge in [-0.05, 0) is 62.8 Å². The van der Waals surface area contributed by atoms with Gasteiger partial charge in [-0.25, -0.2) is 4.79 Å². The number of hydrogen-bond acceptors (Lipinski definition) is 5. The lowest BCUT2D eigenvalue weighted by Gasteiger charge is -2.33. The van der Waals surface area contributed by atoms with Gasteiger partial charge in [0.05, 0.1) is 16.8 Å². The molecule has 3 heterocycles. The summed E-state index contributed by atoms with van der Waals surface area (Å²) < 4.78 is 5.49. The van der Waals surface area contributed by atoms with Crippen molar-refractivity contribution in [2.45, 2.75) is 45.1 Å². The average Bonchev–Trinajstić information content (AvgIpc) is 3.36. The van der Waals surface area contributed by atoms with Gasteiger partial charge in [0.25, 0.3) is 5.91 Å². The second kappa shape index (κ2) is 7.75. The Morgan fingerprint density at radius 2 is 2.00 bits per heavy atom. The van der Waals surface area contributed by atoms with Crippen LogP contribution < -0.4 is 5.73 Å². The van der Waals surface area contributed by atoms with Crippen LogP contribution in [-0.2, 0) is 4.74 Å². The second-order valence-electron chi connectivity index (χ2n) is 8.64. The molecule has 1 aliphatic rings. The summed E-state index contributed by atoms with van der Waals surface area (Å²) in [5.41, 5.74) is 8.15. The third-order valence-electron chi connectivity index (χ3n) is 5.31. The number of likely N-dealkylation sites (tertiary alicyclic amines) is 1. The van der Waals surface area contributed by atoms with E-state index in [-0.39, 0.29) is 12.0 Å². The minimum absolute atomic E-state index is 0.191. The van der Waals surface area contributed by atoms with Gasteiger partial charge in [0, 0.05) is 29.3 Å². The van der Waals surface area contributed by atoms with Crippen LogP contribution in [0.3, 0.4) is 0 Å². The van der Waals surface area contributed by atoms with Crippen molar-refractivity contribution in [3.05, 3.63) is 40.9 Å². The first-order chi connectivity index (χ1) is 14.2. The summed E-state index contributed by atoms with van der Waals surface area (Å²) in [7, 11) is 0. The van der Waals surface area contributed by atoms with Crippen molar-refractivity contribution in [1.82, 2.24) is 15.1 Å². The summed E-state index contributed by atoms with van der Waals surface area (Å²) in [4.78, 5) is 27.2. The van der Waals surface area contributed by atoms with E-state index in [1.54, 1.807) is 16.2 Å². The number of amides is 2. The number of nitrogens with one attached hydrogen (secondary N) is 1. The van der Waals surface area contributed by atoms with E-state index in [1.807, 2.05) is 44.4 Å². The number of ether oxygens (including phenoxy) is 1. The Hall–Kier alpha value is -2.87. The Labute approximate surface area is 179 Å². The number of nitrogens with two attached hydrogens (primary N) is 1. The lowest BCUT2D eigenvalue weighted by molar-refractivity contribution is 0.0204. The first-order valence-corrected chi connectivity index (χ1v) is 10.9. The fourth-order valence-corrected chi connectivity index (χ4v) is 4.61. The van der Waals surface area contributed by atoms with E-state index < -0.39 is 11.5 Å². The third kappa shape index (κ3) is 4.05. The number of aromatic nitrogens is 2. The quantitative estimate of drug-likeness (QED) is 0.643. The number of carbonyl (C=O) groups excluding carboxylic acids is 2. The molecular weight excluding hydrogens is 400 g/mol. The molecule has 1 saturated heterocycles. The molecule has 0 radical (unpaired) electrons. The average molecular weight is 427 g/mol. The fraction of sp³-hybridized carbons (Fsp3) is 0.409. The maximum Gasteiger partial charge on any atom is 0.410 e. The van der Waals surface area contributed by atoms with Gasteiger partial charge in [-0.2, -0.15) is 5.10 Å². The van der Waals surface area contributed by atoms with Crippen LogP contribution in [0.2, 0.25) is 0 Å². The van der Waals surface area contributed by atoms with E-state index >= 15 is 0 Å². The van der Waals surface area contributed by atoms with Crippen LogP contribution in [0.15, 0.2) is 29.6 Å². The van der Waals surface area contributed by atoms with Gasteiger partial charge >= 0.3 is 6.09 Å². The van der Waals surface area contributed by atoms with Gasteiger partial charge in [-0.3, -0.25) is 9.89 Å². The first-order valence-electron chi connectivity index (χ1n) is 10.1. The zero-order valence-corrected chi connectivity index (χ0v) is 18.2. The van der Waals surface area contributed by atoms with E-state index in [4.69, 9.17) is 10.5 Å². The molecule has 7 nitrogen and oxygen atoms in total. The van der Waals surface area contributed by atoms with Gasteiger partial charge < -0.3 is 15.4 Å². The van der Waals surface area contributed by atoms with Crippen molar-refractivity contribution in [1.29, 1.82) is 0 Å². The van der Waals surface area contributed by atoms with Crippen LogP contribution in [0.25, 0.3) is 21.3 Å². The van der Waals surface area contributed by atoms with E-state index in [2.05, 4.69) is 16.3 Å². The number of primary amides is 1. The standard InChI is InChI=1S/C22H26N4O3S/c1-22(2,3)29-21(28)26-8-6-13(7-9-26)18-15-11-14(17-5-4-10-30-17)12-16(20(23)27)19(15)25-24-18/h4-5,10-13H,6-9H2,1-3H3,(H2,23,27)(H,24,25). The molecule has 0 saturated carbocycles. The van der Waals surface area contributed by atoms with Crippen molar-refractivity contribution >= 4 is 34.2 Å². The highest BCUT2D eigenvalue weighted by atomic mass is 32.1. The normalized spacial score (nSPS) is 15.5. The number of H-pyrrole nitrogens is 1. The molecule has 0 spiro atoms. The predicted molar refractivity (Wildman–Crippen MR) is 118 cm³/mol. The van der Waals surface area contributed by atoms with Crippen LogP contribution in [-0.4, -0.2) is 45.8 Å². The Bertz CT molecular complexity index is 1070. The molecule has 2 aromatic heterocycles. The first kappa shape index (κ1) is 20.4. The molecule has 0 aliphatic carbocycles. The smallest absolute Gasteiger partial charge is 0.410 e. The van der Waals surface area contributed by atoms with Gasteiger partial charge in [0.15, 0.2) is 0 Å². The molecule has 1 fully saturated rings. The van der Waals surface area contributed by atoms with Crippen LogP contribution in [0.4, 0.5) is 4.79 Å². The maximum absolute atomic E-state index is 12.3. The molecule has 30 heavy (non-hydrogen) atoms. The molecular formula is C22H26N4O3S. The Balaban J connectivity index is 1.61. The van der Waals surface area contributed by atoms with Crippen LogP contribution >= 0.6 is 11.3 Å². The van der Waals surface area contributed by atoms with Crippen molar-refractivity contribution in [2.24, 2.45) is 5.73 Å². The Morgan fingerprint density at radius 3 is 2.60 bits per heavy atom. The van der Waals surface area contributed by atoms with E-state index in [0.717, 1.165) is 34.4 Å². The largest absolute Gasteiger partial charge is 0.444 e. The van der Waals surface area contributed by atoms with Gasteiger partial charge in [-0.15, -0.1) is 11.3 Å². The molecule has 1 aliphatic heterocycles. The van der Waals surface area contributed by atoms with Crippen molar-refractivity contribution in [3.63, 3.8) is 0 Å². The lowest BCUT2D eigenvalue weighted by atomic mass is 9.90. The summed E-state index contributed by atoms with van der Waals surface area (Å²) >= 11 is 1.62. The Kier molecular flexibility index (Phi) is 5.27. The molecule has 3 aromatic rings. The second-order valence-corrected chi connectivity index (χ2v) is 9.59. The number of aromatic amines is 1. The van der Waals surface area contributed by atoms with Gasteiger partial charge in [0.2, 0.25) is 0 Å². The molecule has 158 valence electrons. The van der Waals surface area contributed by atoms with Crippen LogP contribution in [0, 0.1) is 0 Å². The summed E-state index contributed by atoms with van der Waals surface area (Å²) in [6.07, 6.45) is 1.30. The highest BCUT2D eigenvalue weighted by molar-refractivity contribution is 7.13. The minimum Gasteiger partial charge on any atom is -0.444 e. The summed E-state index contributed by atoms with van der Waals surface area (Å²) in [6.45, 7) is 6.83. The van der Waals surface area contributed by atoms with Crippen molar-refractivity contribution in [3.8, 4) is 10.4 Å². The molecule has 1 aromatic carbocycles. The zero-order valence-electron chi connectivity index (χ0n) is 17.4. The number of benzene rings is 1. The van der Waals surface area contributed by atoms with Gasteiger partial charge in [0.1, 0.15) is 5.60 Å².